The normalized spacial score (nSPS) is 9.00. The van der Waals surface area contributed by atoms with Gasteiger partial charge in [-0.3, -0.25) is 20.2 Å². The van der Waals surface area contributed by atoms with Crippen LogP contribution in [-0.4, -0.2) is 21.2 Å². The van der Waals surface area contributed by atoms with Crippen LogP contribution in [0.1, 0.15) is 5.56 Å². The minimum Gasteiger partial charge on any atom is -0.502 e. The van der Waals surface area contributed by atoms with Gasteiger partial charge in [0, 0.05) is 34.3 Å². The largest absolute Gasteiger partial charge is 0.502 e. The minimum absolute atomic E-state index is 0. The molecule has 16 heavy (non-hydrogen) atoms. The number of phenolic OH excluding ortho intramolecular Hbond substituents is 1. The molecule has 0 aliphatic carbocycles. The summed E-state index contributed by atoms with van der Waals surface area (Å²) in [5, 5.41) is 36.9. The van der Waals surface area contributed by atoms with Gasteiger partial charge in [-0.1, -0.05) is 0 Å². The first kappa shape index (κ1) is 14.0. The van der Waals surface area contributed by atoms with Crippen LogP contribution in [0.5, 0.6) is 5.75 Å². The Bertz CT molecular complexity index is 462. The van der Waals surface area contributed by atoms with Crippen LogP contribution < -0.4 is 0 Å². The number of nitrogens with one attached hydrogen (secondary N) is 1. The average molecular weight is 270 g/mol. The molecule has 0 aromatic heterocycles. The van der Waals surface area contributed by atoms with E-state index >= 15 is 0 Å². The van der Waals surface area contributed by atoms with Crippen LogP contribution >= 0.6 is 0 Å². The van der Waals surface area contributed by atoms with Gasteiger partial charge in [-0.25, -0.2) is 0 Å². The average Bonchev–Trinajstić information content (AvgIpc) is 2.17. The molecule has 0 saturated carbocycles. The van der Waals surface area contributed by atoms with E-state index in [1.807, 2.05) is 0 Å². The predicted molar refractivity (Wildman–Crippen MR) is 49.3 cm³/mol. The molecule has 8 nitrogen and oxygen atoms in total. The van der Waals surface area contributed by atoms with Crippen molar-refractivity contribution in [1.82, 2.24) is 0 Å². The van der Waals surface area contributed by atoms with E-state index in [-0.39, 0.29) is 22.1 Å². The molecule has 0 fully saturated rings. The molecule has 1 rings (SSSR count). The minimum atomic E-state index is -0.949. The number of nitrogens with zero attached hydrogens (tertiary/aromatic N) is 2. The number of nitro groups is 2. The Morgan fingerprint density at radius 3 is 2.19 bits per heavy atom. The van der Waals surface area contributed by atoms with Crippen molar-refractivity contribution in [2.24, 2.45) is 0 Å². The zero-order valence-electron chi connectivity index (χ0n) is 7.52. The van der Waals surface area contributed by atoms with E-state index in [9.17, 15) is 25.3 Å². The van der Waals surface area contributed by atoms with Gasteiger partial charge < -0.3 is 10.5 Å². The van der Waals surface area contributed by atoms with Crippen LogP contribution in [0.4, 0.5) is 11.4 Å². The molecule has 0 atom stereocenters. The van der Waals surface area contributed by atoms with Crippen molar-refractivity contribution in [1.29, 1.82) is 5.41 Å². The molecular weight excluding hydrogens is 265 g/mol. The number of phenols is 1. The number of benzene rings is 1. The molecule has 0 spiro atoms. The third-order valence-electron chi connectivity index (χ3n) is 1.67. The van der Waals surface area contributed by atoms with E-state index in [0.29, 0.717) is 12.3 Å². The smallest absolute Gasteiger partial charge is 0.318 e. The van der Waals surface area contributed by atoms with Crippen LogP contribution in [0.3, 0.4) is 0 Å². The fourth-order valence-corrected chi connectivity index (χ4v) is 0.980. The van der Waals surface area contributed by atoms with Crippen molar-refractivity contribution in [3.05, 3.63) is 37.9 Å². The third-order valence-corrected chi connectivity index (χ3v) is 1.67. The molecule has 1 aromatic carbocycles. The second kappa shape index (κ2) is 5.17. The summed E-state index contributed by atoms with van der Waals surface area (Å²) in [6.07, 6.45) is 0.606. The van der Waals surface area contributed by atoms with Crippen LogP contribution in [0.25, 0.3) is 0 Å². The van der Waals surface area contributed by atoms with Gasteiger partial charge in [0.05, 0.1) is 15.9 Å². The van der Waals surface area contributed by atoms with Crippen molar-refractivity contribution >= 4 is 17.6 Å². The zero-order valence-corrected chi connectivity index (χ0v) is 8.51. The van der Waals surface area contributed by atoms with Gasteiger partial charge in [0.1, 0.15) is 0 Å². The fourth-order valence-electron chi connectivity index (χ4n) is 0.980. The predicted octanol–water partition coefficient (Wildman–Crippen LogP) is 1.20. The number of hydrogen-bond donors (Lipinski definition) is 2. The number of non-ortho nitro benzene ring substituents is 1. The number of nitro benzene ring substituents is 2. The fraction of sp³-hybridized carbons (Fsp3) is 0. The molecule has 2 N–H and O–H groups in total. The summed E-state index contributed by atoms with van der Waals surface area (Å²) in [6, 6.07) is 1.53. The first-order chi connectivity index (χ1) is 6.97. The summed E-state index contributed by atoms with van der Waals surface area (Å²) < 4.78 is 0. The Hall–Kier alpha value is -2.02. The van der Waals surface area contributed by atoms with Gasteiger partial charge >= 0.3 is 5.69 Å². The Labute approximate surface area is 98.6 Å². The Morgan fingerprint density at radius 2 is 1.81 bits per heavy atom. The topological polar surface area (TPSA) is 130 Å². The van der Waals surface area contributed by atoms with E-state index in [4.69, 9.17) is 5.41 Å². The molecule has 0 amide bonds. The zero-order chi connectivity index (χ0) is 11.6. The van der Waals surface area contributed by atoms with Crippen molar-refractivity contribution in [3.63, 3.8) is 0 Å². The first-order valence-corrected chi connectivity index (χ1v) is 3.63. The number of aromatic hydroxyl groups is 1. The van der Waals surface area contributed by atoms with Gasteiger partial charge in [0.25, 0.3) is 5.69 Å². The van der Waals surface area contributed by atoms with Gasteiger partial charge in [0.15, 0.2) is 0 Å². The quantitative estimate of drug-likeness (QED) is 0.368. The Kier molecular flexibility index (Phi) is 4.52. The maximum absolute atomic E-state index is 10.4. The first-order valence-electron chi connectivity index (χ1n) is 3.63. The molecule has 0 aliphatic rings. The molecule has 0 heterocycles. The molecule has 0 unspecified atom stereocenters. The molecule has 88 valence electrons. The number of hydrogen-bond acceptors (Lipinski definition) is 6. The third kappa shape index (κ3) is 2.51. The van der Waals surface area contributed by atoms with Crippen LogP contribution in [0.15, 0.2) is 12.1 Å². The van der Waals surface area contributed by atoms with Crippen molar-refractivity contribution in [2.45, 2.75) is 0 Å². The van der Waals surface area contributed by atoms with Gasteiger partial charge in [-0.2, -0.15) is 0 Å². The summed E-state index contributed by atoms with van der Waals surface area (Å²) in [5.74, 6) is -0.749. The standard InChI is InChI=1S/C7H5N3O5.Ni/c8-3-4-1-5(9(12)13)2-6(7(4)11)10(14)15;/h1-3,8,11H;. The van der Waals surface area contributed by atoms with Crippen LogP contribution in [0, 0.1) is 25.6 Å². The van der Waals surface area contributed by atoms with E-state index in [2.05, 4.69) is 0 Å². The molecule has 1 aromatic rings. The van der Waals surface area contributed by atoms with Crippen molar-refractivity contribution in [2.75, 3.05) is 0 Å². The Balaban J connectivity index is 0.00000225. The maximum Gasteiger partial charge on any atom is 0.318 e. The van der Waals surface area contributed by atoms with E-state index in [1.54, 1.807) is 0 Å². The maximum atomic E-state index is 10.4. The second-order valence-electron chi connectivity index (χ2n) is 2.56. The molecular formula is C7H5N3NiO5. The number of rotatable bonds is 3. The Morgan fingerprint density at radius 1 is 1.25 bits per heavy atom. The monoisotopic (exact) mass is 269 g/mol. The molecule has 0 saturated heterocycles. The second-order valence-corrected chi connectivity index (χ2v) is 2.56. The van der Waals surface area contributed by atoms with E-state index in [1.165, 1.54) is 0 Å². The van der Waals surface area contributed by atoms with Crippen LogP contribution in [0.2, 0.25) is 0 Å². The van der Waals surface area contributed by atoms with Crippen LogP contribution in [-0.2, 0) is 16.5 Å². The van der Waals surface area contributed by atoms with Crippen molar-refractivity contribution < 1.29 is 31.4 Å². The summed E-state index contributed by atoms with van der Waals surface area (Å²) in [4.78, 5) is 19.0. The SMILES string of the molecule is N=Cc1cc([N+](=O)[O-])cc([N+](=O)[O-])c1O.[Ni]. The molecule has 9 heteroatoms. The van der Waals surface area contributed by atoms with E-state index in [0.717, 1.165) is 6.07 Å². The van der Waals surface area contributed by atoms with Crippen molar-refractivity contribution in [3.8, 4) is 5.75 Å². The van der Waals surface area contributed by atoms with Gasteiger partial charge in [-0.05, 0) is 0 Å². The summed E-state index contributed by atoms with van der Waals surface area (Å²) >= 11 is 0. The van der Waals surface area contributed by atoms with E-state index < -0.39 is 27.0 Å². The van der Waals surface area contributed by atoms with Gasteiger partial charge in [0.2, 0.25) is 5.75 Å². The molecule has 0 radical (unpaired) electrons. The summed E-state index contributed by atoms with van der Waals surface area (Å²) in [7, 11) is 0. The summed E-state index contributed by atoms with van der Waals surface area (Å²) in [5.41, 5.74) is -1.60. The molecule has 0 bridgehead atoms. The summed E-state index contributed by atoms with van der Waals surface area (Å²) in [6.45, 7) is 0. The molecule has 0 aliphatic heterocycles. The van der Waals surface area contributed by atoms with Gasteiger partial charge in [-0.15, -0.1) is 0 Å².